The fourth-order valence-corrected chi connectivity index (χ4v) is 2.51. The Hall–Kier alpha value is -1.56. The first kappa shape index (κ1) is 16.8. The molecule has 2 rings (SSSR count). The number of nitrogens with zero attached hydrogens (tertiary/aromatic N) is 4. The molecule has 0 aromatic carbocycles. The molecule has 7 heteroatoms. The molecule has 1 aliphatic heterocycles. The molecule has 1 fully saturated rings. The number of hydrogen-bond donors (Lipinski definition) is 0. The molecule has 22 heavy (non-hydrogen) atoms. The van der Waals surface area contributed by atoms with Crippen molar-refractivity contribution >= 4 is 23.6 Å². The number of ether oxygens (including phenoxy) is 1. The van der Waals surface area contributed by atoms with Crippen molar-refractivity contribution in [2.24, 2.45) is 0 Å². The smallest absolute Gasteiger partial charge is 0.410 e. The van der Waals surface area contributed by atoms with E-state index in [1.807, 2.05) is 32.7 Å². The van der Waals surface area contributed by atoms with Crippen LogP contribution in [0.2, 0.25) is 5.02 Å². The lowest BCUT2D eigenvalue weighted by atomic mass is 10.0. The largest absolute Gasteiger partial charge is 0.444 e. The van der Waals surface area contributed by atoms with Gasteiger partial charge in [0.25, 0.3) is 0 Å². The molecule has 0 N–H and O–H groups in total. The Bertz CT molecular complexity index is 507. The topological polar surface area (TPSA) is 58.6 Å². The molecule has 0 saturated carbocycles. The van der Waals surface area contributed by atoms with Crippen LogP contribution in [0.1, 0.15) is 33.6 Å². The van der Waals surface area contributed by atoms with Gasteiger partial charge in [0, 0.05) is 26.2 Å². The van der Waals surface area contributed by atoms with Crippen LogP contribution in [0.3, 0.4) is 0 Å². The first-order valence-corrected chi connectivity index (χ1v) is 7.82. The van der Waals surface area contributed by atoms with Crippen LogP contribution in [0.15, 0.2) is 12.4 Å². The van der Waals surface area contributed by atoms with Crippen molar-refractivity contribution in [3.05, 3.63) is 17.4 Å². The molecule has 0 spiro atoms. The van der Waals surface area contributed by atoms with E-state index in [1.54, 1.807) is 17.3 Å². The number of hydrogen-bond acceptors (Lipinski definition) is 5. The SMILES string of the molecule is CN(c1ncc(Cl)cn1)C1CCN(C(=O)OC(C)(C)C)CC1. The number of carbonyl (C=O) groups excluding carboxylic acids is 1. The second-order valence-electron chi connectivity index (χ2n) is 6.51. The summed E-state index contributed by atoms with van der Waals surface area (Å²) in [7, 11) is 1.97. The lowest BCUT2D eigenvalue weighted by Gasteiger charge is -2.37. The molecule has 0 unspecified atom stereocenters. The van der Waals surface area contributed by atoms with E-state index in [1.165, 1.54) is 0 Å². The van der Waals surface area contributed by atoms with Gasteiger partial charge in [-0.15, -0.1) is 0 Å². The third-order valence-electron chi connectivity index (χ3n) is 3.59. The summed E-state index contributed by atoms with van der Waals surface area (Å²) in [6.07, 6.45) is 4.67. The minimum atomic E-state index is -0.456. The Balaban J connectivity index is 1.89. The van der Waals surface area contributed by atoms with Crippen LogP contribution in [0.5, 0.6) is 0 Å². The Labute approximate surface area is 136 Å². The van der Waals surface area contributed by atoms with Crippen LogP contribution in [-0.2, 0) is 4.74 Å². The summed E-state index contributed by atoms with van der Waals surface area (Å²) in [5.74, 6) is 0.653. The zero-order valence-electron chi connectivity index (χ0n) is 13.5. The summed E-state index contributed by atoms with van der Waals surface area (Å²) in [6.45, 7) is 6.99. The highest BCUT2D eigenvalue weighted by Gasteiger charge is 2.29. The number of rotatable bonds is 2. The van der Waals surface area contributed by atoms with Crippen LogP contribution in [-0.4, -0.2) is 52.7 Å². The zero-order chi connectivity index (χ0) is 16.3. The van der Waals surface area contributed by atoms with Crippen molar-refractivity contribution in [1.29, 1.82) is 0 Å². The normalized spacial score (nSPS) is 16.5. The van der Waals surface area contributed by atoms with Gasteiger partial charge in [-0.05, 0) is 33.6 Å². The minimum absolute atomic E-state index is 0.239. The van der Waals surface area contributed by atoms with Gasteiger partial charge in [0.2, 0.25) is 5.95 Å². The van der Waals surface area contributed by atoms with E-state index in [2.05, 4.69) is 9.97 Å². The standard InChI is InChI=1S/C15H23ClN4O2/c1-15(2,3)22-14(21)20-7-5-12(6-8-20)19(4)13-17-9-11(16)10-18-13/h9-10,12H,5-8H2,1-4H3. The number of halogens is 1. The second-order valence-corrected chi connectivity index (χ2v) is 6.95. The van der Waals surface area contributed by atoms with Gasteiger partial charge in [0.1, 0.15) is 5.60 Å². The Morgan fingerprint density at radius 1 is 1.32 bits per heavy atom. The molecule has 0 atom stereocenters. The average molecular weight is 327 g/mol. The van der Waals surface area contributed by atoms with Gasteiger partial charge in [-0.3, -0.25) is 0 Å². The molecule has 0 radical (unpaired) electrons. The lowest BCUT2D eigenvalue weighted by Crippen LogP contribution is -2.47. The first-order valence-electron chi connectivity index (χ1n) is 7.44. The van der Waals surface area contributed by atoms with Crippen molar-refractivity contribution in [2.45, 2.75) is 45.3 Å². The van der Waals surface area contributed by atoms with Gasteiger partial charge in [0.05, 0.1) is 17.4 Å². The maximum atomic E-state index is 12.0. The molecule has 122 valence electrons. The monoisotopic (exact) mass is 326 g/mol. The van der Waals surface area contributed by atoms with Crippen molar-refractivity contribution in [2.75, 3.05) is 25.0 Å². The molecule has 1 saturated heterocycles. The zero-order valence-corrected chi connectivity index (χ0v) is 14.3. The molecular formula is C15H23ClN4O2. The maximum Gasteiger partial charge on any atom is 0.410 e. The van der Waals surface area contributed by atoms with Gasteiger partial charge < -0.3 is 14.5 Å². The molecule has 0 aliphatic carbocycles. The van der Waals surface area contributed by atoms with E-state index >= 15 is 0 Å². The van der Waals surface area contributed by atoms with Gasteiger partial charge in [-0.2, -0.15) is 0 Å². The highest BCUT2D eigenvalue weighted by molar-refractivity contribution is 6.30. The summed E-state index contributed by atoms with van der Waals surface area (Å²) < 4.78 is 5.40. The average Bonchev–Trinajstić information content (AvgIpc) is 2.46. The number of piperidine rings is 1. The van der Waals surface area contributed by atoms with Gasteiger partial charge in [-0.1, -0.05) is 11.6 Å². The molecule has 1 aliphatic rings. The van der Waals surface area contributed by atoms with Crippen molar-refractivity contribution in [3.8, 4) is 0 Å². The predicted octanol–water partition coefficient (Wildman–Crippen LogP) is 2.97. The van der Waals surface area contributed by atoms with E-state index in [4.69, 9.17) is 16.3 Å². The maximum absolute atomic E-state index is 12.0. The number of carbonyl (C=O) groups is 1. The molecule has 2 heterocycles. The quantitative estimate of drug-likeness (QED) is 0.836. The number of likely N-dealkylation sites (tertiary alicyclic amines) is 1. The third kappa shape index (κ3) is 4.47. The molecule has 1 aromatic heterocycles. The van der Waals surface area contributed by atoms with Crippen molar-refractivity contribution in [3.63, 3.8) is 0 Å². The fraction of sp³-hybridized carbons (Fsp3) is 0.667. The van der Waals surface area contributed by atoms with E-state index < -0.39 is 5.60 Å². The highest BCUT2D eigenvalue weighted by Crippen LogP contribution is 2.21. The fourth-order valence-electron chi connectivity index (χ4n) is 2.41. The summed E-state index contributed by atoms with van der Waals surface area (Å²) in [5.41, 5.74) is -0.456. The summed E-state index contributed by atoms with van der Waals surface area (Å²) in [5, 5.41) is 0.525. The number of aromatic nitrogens is 2. The van der Waals surface area contributed by atoms with Crippen LogP contribution in [0.4, 0.5) is 10.7 Å². The van der Waals surface area contributed by atoms with E-state index in [9.17, 15) is 4.79 Å². The van der Waals surface area contributed by atoms with Crippen molar-refractivity contribution in [1.82, 2.24) is 14.9 Å². The van der Waals surface area contributed by atoms with Crippen LogP contribution < -0.4 is 4.90 Å². The number of amides is 1. The molecule has 6 nitrogen and oxygen atoms in total. The van der Waals surface area contributed by atoms with Gasteiger partial charge in [-0.25, -0.2) is 14.8 Å². The van der Waals surface area contributed by atoms with E-state index in [-0.39, 0.29) is 6.09 Å². The molecule has 1 aromatic rings. The van der Waals surface area contributed by atoms with Gasteiger partial charge >= 0.3 is 6.09 Å². The minimum Gasteiger partial charge on any atom is -0.444 e. The van der Waals surface area contributed by atoms with Crippen LogP contribution >= 0.6 is 11.6 Å². The first-order chi connectivity index (χ1) is 10.3. The Morgan fingerprint density at radius 2 is 1.86 bits per heavy atom. The van der Waals surface area contributed by atoms with E-state index in [0.29, 0.717) is 30.1 Å². The summed E-state index contributed by atoms with van der Waals surface area (Å²) in [4.78, 5) is 24.3. The van der Waals surface area contributed by atoms with Crippen LogP contribution in [0.25, 0.3) is 0 Å². The van der Waals surface area contributed by atoms with Crippen molar-refractivity contribution < 1.29 is 9.53 Å². The Morgan fingerprint density at radius 3 is 2.36 bits per heavy atom. The number of anilines is 1. The molecule has 0 bridgehead atoms. The Kier molecular flexibility index (Phi) is 5.11. The predicted molar refractivity (Wildman–Crippen MR) is 86.3 cm³/mol. The second kappa shape index (κ2) is 6.69. The van der Waals surface area contributed by atoms with E-state index in [0.717, 1.165) is 12.8 Å². The lowest BCUT2D eigenvalue weighted by molar-refractivity contribution is 0.0205. The molecule has 1 amide bonds. The highest BCUT2D eigenvalue weighted by atomic mass is 35.5. The molecular weight excluding hydrogens is 304 g/mol. The summed E-state index contributed by atoms with van der Waals surface area (Å²) in [6, 6.07) is 0.305. The third-order valence-corrected chi connectivity index (χ3v) is 3.78. The van der Waals surface area contributed by atoms with Gasteiger partial charge in [0.15, 0.2) is 0 Å². The van der Waals surface area contributed by atoms with Crippen LogP contribution in [0, 0.1) is 0 Å². The summed E-state index contributed by atoms with van der Waals surface area (Å²) >= 11 is 5.81.